The quantitative estimate of drug-likeness (QED) is 0.342. The Labute approximate surface area is 223 Å². The molecule has 0 radical (unpaired) electrons. The number of nitrogens with zero attached hydrogens (tertiary/aromatic N) is 2. The van der Waals surface area contributed by atoms with E-state index in [-0.39, 0.29) is 35.7 Å². The molecule has 3 aliphatic rings. The molecule has 3 aromatic rings. The number of ether oxygens (including phenoxy) is 1. The zero-order chi connectivity index (χ0) is 27.3. The Hall–Kier alpha value is -4.12. The molecule has 2 saturated heterocycles. The minimum Gasteiger partial charge on any atom is -0.448 e. The van der Waals surface area contributed by atoms with Crippen LogP contribution in [0.25, 0.3) is 11.1 Å². The van der Waals surface area contributed by atoms with Crippen molar-refractivity contribution >= 4 is 11.9 Å². The van der Waals surface area contributed by atoms with Crippen molar-refractivity contribution in [2.75, 3.05) is 6.61 Å². The standard InChI is InChI=1S/C31H25F3N2O3/c32-31(33,34)20-10-9-18(16-35)27(15-20)29(37)19-13-21-11-12-22(14-19)36(21)30(38)39-17-28-25-7-3-1-5-23(25)24-6-2-4-8-26(24)28/h1-10,15,19,21-22,28H,11-14,17H2. The zero-order valence-corrected chi connectivity index (χ0v) is 20.9. The van der Waals surface area contributed by atoms with Gasteiger partial charge in [0, 0.05) is 29.5 Å². The van der Waals surface area contributed by atoms with E-state index in [1.165, 1.54) is 0 Å². The van der Waals surface area contributed by atoms with E-state index in [1.807, 2.05) is 30.3 Å². The lowest BCUT2D eigenvalue weighted by atomic mass is 9.83. The number of nitriles is 1. The van der Waals surface area contributed by atoms with Gasteiger partial charge < -0.3 is 9.64 Å². The summed E-state index contributed by atoms with van der Waals surface area (Å²) in [4.78, 5) is 28.3. The fourth-order valence-corrected chi connectivity index (χ4v) is 6.60. The van der Waals surface area contributed by atoms with Crippen LogP contribution >= 0.6 is 0 Å². The van der Waals surface area contributed by atoms with E-state index in [1.54, 1.807) is 4.90 Å². The number of piperidine rings is 1. The molecule has 1 aliphatic carbocycles. The van der Waals surface area contributed by atoms with E-state index in [9.17, 15) is 28.0 Å². The fourth-order valence-electron chi connectivity index (χ4n) is 6.60. The van der Waals surface area contributed by atoms with Crippen LogP contribution in [0.1, 0.15) is 64.2 Å². The molecule has 0 saturated carbocycles. The van der Waals surface area contributed by atoms with Crippen molar-refractivity contribution < 1.29 is 27.5 Å². The lowest BCUT2D eigenvalue weighted by Crippen LogP contribution is -2.48. The van der Waals surface area contributed by atoms with Crippen molar-refractivity contribution in [2.45, 2.75) is 49.9 Å². The van der Waals surface area contributed by atoms with Crippen LogP contribution in [-0.2, 0) is 10.9 Å². The van der Waals surface area contributed by atoms with Gasteiger partial charge in [0.05, 0.1) is 17.2 Å². The highest BCUT2D eigenvalue weighted by Crippen LogP contribution is 2.45. The highest BCUT2D eigenvalue weighted by Gasteiger charge is 2.46. The SMILES string of the molecule is N#Cc1ccc(C(F)(F)F)cc1C(=O)C1CC2CCC(C1)N2C(=O)OCC1c2ccccc2-c2ccccc21. The number of Topliss-reactive ketones (excluding diaryl/α,β-unsaturated/α-hetero) is 1. The van der Waals surface area contributed by atoms with Crippen molar-refractivity contribution in [3.63, 3.8) is 0 Å². The van der Waals surface area contributed by atoms with Gasteiger partial charge in [0.1, 0.15) is 6.61 Å². The maximum Gasteiger partial charge on any atom is 0.416 e. The minimum atomic E-state index is -4.62. The Bertz CT molecular complexity index is 1450. The Morgan fingerprint density at radius 2 is 1.51 bits per heavy atom. The van der Waals surface area contributed by atoms with Crippen LogP contribution in [-0.4, -0.2) is 35.5 Å². The first kappa shape index (κ1) is 25.2. The molecule has 2 unspecified atom stereocenters. The Kier molecular flexibility index (Phi) is 6.17. The van der Waals surface area contributed by atoms with Crippen molar-refractivity contribution in [1.82, 2.24) is 4.90 Å². The van der Waals surface area contributed by atoms with Gasteiger partial charge in [0.25, 0.3) is 0 Å². The number of rotatable bonds is 4. The highest BCUT2D eigenvalue weighted by molar-refractivity contribution is 6.00. The minimum absolute atomic E-state index is 0.0663. The van der Waals surface area contributed by atoms with Gasteiger partial charge in [-0.25, -0.2) is 4.79 Å². The molecule has 2 aliphatic heterocycles. The predicted octanol–water partition coefficient (Wildman–Crippen LogP) is 6.95. The lowest BCUT2D eigenvalue weighted by molar-refractivity contribution is -0.137. The first-order valence-electron chi connectivity index (χ1n) is 13.0. The molecule has 2 fully saturated rings. The summed E-state index contributed by atoms with van der Waals surface area (Å²) >= 11 is 0. The van der Waals surface area contributed by atoms with Crippen LogP contribution in [0.4, 0.5) is 18.0 Å². The number of carbonyl (C=O) groups is 2. The third-order valence-corrected chi connectivity index (χ3v) is 8.38. The fraction of sp³-hybridized carbons (Fsp3) is 0.323. The number of carbonyl (C=O) groups excluding carboxylic acids is 2. The van der Waals surface area contributed by atoms with Crippen molar-refractivity contribution in [1.29, 1.82) is 5.26 Å². The first-order valence-corrected chi connectivity index (χ1v) is 13.0. The molecule has 2 atom stereocenters. The third-order valence-electron chi connectivity index (χ3n) is 8.38. The first-order chi connectivity index (χ1) is 18.8. The molecular weight excluding hydrogens is 505 g/mol. The van der Waals surface area contributed by atoms with Gasteiger partial charge in [0.2, 0.25) is 0 Å². The molecule has 1 amide bonds. The number of benzene rings is 3. The van der Waals surface area contributed by atoms with Crippen LogP contribution < -0.4 is 0 Å². The topological polar surface area (TPSA) is 70.4 Å². The smallest absolute Gasteiger partial charge is 0.416 e. The van der Waals surface area contributed by atoms with E-state index in [0.29, 0.717) is 25.7 Å². The maximum atomic E-state index is 13.3. The van der Waals surface area contributed by atoms with Crippen molar-refractivity contribution in [2.24, 2.45) is 5.92 Å². The largest absolute Gasteiger partial charge is 0.448 e. The number of hydrogen-bond donors (Lipinski definition) is 0. The maximum absolute atomic E-state index is 13.3. The van der Waals surface area contributed by atoms with Gasteiger partial charge in [-0.2, -0.15) is 18.4 Å². The van der Waals surface area contributed by atoms with Crippen LogP contribution in [0.2, 0.25) is 0 Å². The normalized spacial score (nSPS) is 21.7. The molecule has 8 heteroatoms. The second-order valence-electron chi connectivity index (χ2n) is 10.5. The van der Waals surface area contributed by atoms with Crippen LogP contribution in [0.15, 0.2) is 66.7 Å². The highest BCUT2D eigenvalue weighted by atomic mass is 19.4. The molecular formula is C31H25F3N2O3. The summed E-state index contributed by atoms with van der Waals surface area (Å²) < 4.78 is 45.7. The Balaban J connectivity index is 1.16. The molecule has 0 aromatic heterocycles. The Morgan fingerprint density at radius 3 is 2.08 bits per heavy atom. The van der Waals surface area contributed by atoms with E-state index in [2.05, 4.69) is 24.3 Å². The predicted molar refractivity (Wildman–Crippen MR) is 137 cm³/mol. The average molecular weight is 531 g/mol. The second-order valence-corrected chi connectivity index (χ2v) is 10.5. The van der Waals surface area contributed by atoms with Gasteiger partial charge >= 0.3 is 12.3 Å². The number of ketones is 1. The number of halogens is 3. The van der Waals surface area contributed by atoms with Gasteiger partial charge in [-0.1, -0.05) is 48.5 Å². The van der Waals surface area contributed by atoms with Crippen molar-refractivity contribution in [3.8, 4) is 17.2 Å². The summed E-state index contributed by atoms with van der Waals surface area (Å²) in [5, 5.41) is 9.41. The summed E-state index contributed by atoms with van der Waals surface area (Å²) in [6, 6.07) is 20.2. The summed E-state index contributed by atoms with van der Waals surface area (Å²) in [6.07, 6.45) is -2.97. The van der Waals surface area contributed by atoms with Gasteiger partial charge in [0.15, 0.2) is 5.78 Å². The third kappa shape index (κ3) is 4.36. The van der Waals surface area contributed by atoms with Crippen molar-refractivity contribution in [3.05, 3.63) is 94.5 Å². The molecule has 198 valence electrons. The Morgan fingerprint density at radius 1 is 0.923 bits per heavy atom. The number of fused-ring (bicyclic) bond motifs is 5. The number of amides is 1. The number of hydrogen-bond acceptors (Lipinski definition) is 4. The summed E-state index contributed by atoms with van der Waals surface area (Å²) in [5.74, 6) is -1.10. The molecule has 5 nitrogen and oxygen atoms in total. The molecule has 39 heavy (non-hydrogen) atoms. The van der Waals surface area contributed by atoms with E-state index in [0.717, 1.165) is 40.5 Å². The molecule has 0 N–H and O–H groups in total. The van der Waals surface area contributed by atoms with E-state index >= 15 is 0 Å². The molecule has 6 rings (SSSR count). The van der Waals surface area contributed by atoms with Crippen LogP contribution in [0, 0.1) is 17.2 Å². The molecule has 2 bridgehead atoms. The summed E-state index contributed by atoms with van der Waals surface area (Å²) in [6.45, 7) is 0.195. The van der Waals surface area contributed by atoms with E-state index in [4.69, 9.17) is 4.74 Å². The molecule has 2 heterocycles. The van der Waals surface area contributed by atoms with Crippen LogP contribution in [0.5, 0.6) is 0 Å². The summed E-state index contributed by atoms with van der Waals surface area (Å²) in [7, 11) is 0. The van der Waals surface area contributed by atoms with Gasteiger partial charge in [-0.15, -0.1) is 0 Å². The zero-order valence-electron chi connectivity index (χ0n) is 20.9. The monoisotopic (exact) mass is 530 g/mol. The summed E-state index contributed by atoms with van der Waals surface area (Å²) in [5.41, 5.74) is 3.29. The molecule has 3 aromatic carbocycles. The molecule has 0 spiro atoms. The van der Waals surface area contributed by atoms with Gasteiger partial charge in [-0.3, -0.25) is 4.79 Å². The second kappa shape index (κ2) is 9.57. The lowest BCUT2D eigenvalue weighted by Gasteiger charge is -2.38. The average Bonchev–Trinajstić information content (AvgIpc) is 3.40. The van der Waals surface area contributed by atoms with Crippen LogP contribution in [0.3, 0.4) is 0 Å². The van der Waals surface area contributed by atoms with E-state index < -0.39 is 29.5 Å². The number of alkyl halides is 3. The van der Waals surface area contributed by atoms with Gasteiger partial charge in [-0.05, 0) is 66.1 Å².